The van der Waals surface area contributed by atoms with Crippen molar-refractivity contribution in [1.29, 1.82) is 0 Å². The molecule has 0 aliphatic carbocycles. The number of nitrogens with one attached hydrogen (secondary N) is 2. The molecular weight excluding hydrogens is 406 g/mol. The molecular formula is C16H16ClN7OS2. The zero-order chi connectivity index (χ0) is 19.4. The number of benzene rings is 1. The van der Waals surface area contributed by atoms with E-state index in [1.165, 1.54) is 29.2 Å². The van der Waals surface area contributed by atoms with Crippen LogP contribution in [-0.2, 0) is 5.75 Å². The molecule has 140 valence electrons. The Kier molecular flexibility index (Phi) is 6.09. The first-order chi connectivity index (χ1) is 12.9. The Morgan fingerprint density at radius 2 is 2.19 bits per heavy atom. The number of nitrogens with zero attached hydrogens (tertiary/aromatic N) is 4. The third kappa shape index (κ3) is 5.52. The van der Waals surface area contributed by atoms with E-state index in [0.717, 1.165) is 14.9 Å². The van der Waals surface area contributed by atoms with E-state index in [0.29, 0.717) is 22.2 Å². The topological polar surface area (TPSA) is 122 Å². The molecule has 0 amide bonds. The molecule has 0 aliphatic rings. The van der Waals surface area contributed by atoms with Crippen LogP contribution in [0.25, 0.3) is 0 Å². The van der Waals surface area contributed by atoms with Gasteiger partial charge in [-0.25, -0.2) is 4.98 Å². The smallest absolute Gasteiger partial charge is 0.252 e. The van der Waals surface area contributed by atoms with Crippen molar-refractivity contribution in [3.8, 4) is 0 Å². The number of anilines is 1. The van der Waals surface area contributed by atoms with Crippen molar-refractivity contribution in [3.63, 3.8) is 0 Å². The Balaban J connectivity index is 1.73. The Hall–Kier alpha value is -2.43. The van der Waals surface area contributed by atoms with Crippen molar-refractivity contribution < 1.29 is 0 Å². The van der Waals surface area contributed by atoms with Gasteiger partial charge in [-0.2, -0.15) is 4.99 Å². The van der Waals surface area contributed by atoms with Crippen molar-refractivity contribution in [3.05, 3.63) is 55.9 Å². The molecule has 0 radical (unpaired) electrons. The molecule has 2 heterocycles. The van der Waals surface area contributed by atoms with Crippen molar-refractivity contribution in [2.24, 2.45) is 10.7 Å². The normalized spacial score (nSPS) is 11.6. The van der Waals surface area contributed by atoms with Crippen molar-refractivity contribution >= 4 is 52.3 Å². The number of aliphatic imine (C=N–C) groups is 1. The fraction of sp³-hybridized carbons (Fsp3) is 0.188. The van der Waals surface area contributed by atoms with Gasteiger partial charge in [0.1, 0.15) is 5.01 Å². The molecule has 3 aromatic rings. The first kappa shape index (κ1) is 19.3. The quantitative estimate of drug-likeness (QED) is 0.328. The minimum atomic E-state index is -0.307. The fourth-order valence-electron chi connectivity index (χ4n) is 2.05. The number of thioether (sulfide) groups is 1. The van der Waals surface area contributed by atoms with E-state index >= 15 is 0 Å². The summed E-state index contributed by atoms with van der Waals surface area (Å²) in [6.45, 7) is 3.79. The summed E-state index contributed by atoms with van der Waals surface area (Å²) in [6.07, 6.45) is 0. The monoisotopic (exact) mass is 421 g/mol. The van der Waals surface area contributed by atoms with Gasteiger partial charge in [-0.15, -0.1) is 10.2 Å². The van der Waals surface area contributed by atoms with Gasteiger partial charge in [0, 0.05) is 22.5 Å². The van der Waals surface area contributed by atoms with Gasteiger partial charge >= 0.3 is 0 Å². The van der Waals surface area contributed by atoms with Gasteiger partial charge in [0.05, 0.1) is 5.69 Å². The Morgan fingerprint density at radius 3 is 2.89 bits per heavy atom. The number of guanidine groups is 1. The van der Waals surface area contributed by atoms with Gasteiger partial charge in [-0.05, 0) is 31.5 Å². The lowest BCUT2D eigenvalue weighted by Crippen LogP contribution is -2.22. The third-order valence-electron chi connectivity index (χ3n) is 3.30. The lowest BCUT2D eigenvalue weighted by molar-refractivity contribution is 0.981. The van der Waals surface area contributed by atoms with Gasteiger partial charge in [-0.3, -0.25) is 9.78 Å². The second kappa shape index (κ2) is 8.51. The molecule has 4 N–H and O–H groups in total. The number of halogens is 1. The van der Waals surface area contributed by atoms with Crippen LogP contribution < -0.4 is 16.6 Å². The summed E-state index contributed by atoms with van der Waals surface area (Å²) in [5.74, 6) is 0.680. The van der Waals surface area contributed by atoms with Crippen LogP contribution in [0.4, 0.5) is 11.6 Å². The molecule has 1 aromatic carbocycles. The van der Waals surface area contributed by atoms with Crippen LogP contribution >= 0.6 is 34.7 Å². The average molecular weight is 422 g/mol. The first-order valence-electron chi connectivity index (χ1n) is 7.79. The summed E-state index contributed by atoms with van der Waals surface area (Å²) in [4.78, 5) is 22.9. The lowest BCUT2D eigenvalue weighted by atomic mass is 10.2. The van der Waals surface area contributed by atoms with Crippen LogP contribution in [0, 0.1) is 13.8 Å². The van der Waals surface area contributed by atoms with E-state index in [4.69, 9.17) is 17.3 Å². The van der Waals surface area contributed by atoms with E-state index < -0.39 is 0 Å². The predicted molar refractivity (Wildman–Crippen MR) is 110 cm³/mol. The molecule has 11 heteroatoms. The summed E-state index contributed by atoms with van der Waals surface area (Å²) in [7, 11) is 0. The minimum absolute atomic E-state index is 0.0858. The van der Waals surface area contributed by atoms with E-state index in [2.05, 4.69) is 30.5 Å². The first-order valence-corrected chi connectivity index (χ1v) is 9.97. The number of H-pyrrole nitrogens is 1. The Labute approximate surface area is 168 Å². The number of hydrogen-bond acceptors (Lipinski definition) is 7. The number of aromatic amines is 1. The molecule has 0 bridgehead atoms. The number of aryl methyl sites for hydroxylation is 2. The molecule has 3 rings (SSSR count). The second-order valence-electron chi connectivity index (χ2n) is 5.52. The molecule has 0 aliphatic heterocycles. The molecule has 2 aromatic heterocycles. The van der Waals surface area contributed by atoms with Gasteiger partial charge in [0.2, 0.25) is 11.9 Å². The van der Waals surface area contributed by atoms with E-state index in [-0.39, 0.29) is 17.5 Å². The minimum Gasteiger partial charge on any atom is -0.369 e. The van der Waals surface area contributed by atoms with E-state index in [1.807, 2.05) is 26.0 Å². The molecule has 0 atom stereocenters. The number of hydrogen-bond donors (Lipinski definition) is 3. The molecule has 0 spiro atoms. The van der Waals surface area contributed by atoms with Crippen LogP contribution in [0.1, 0.15) is 16.3 Å². The Bertz CT molecular complexity index is 1050. The van der Waals surface area contributed by atoms with Gasteiger partial charge in [0.15, 0.2) is 4.34 Å². The maximum absolute atomic E-state index is 11.9. The highest BCUT2D eigenvalue weighted by atomic mass is 35.5. The van der Waals surface area contributed by atoms with Crippen molar-refractivity contribution in [1.82, 2.24) is 20.2 Å². The van der Waals surface area contributed by atoms with E-state index in [9.17, 15) is 4.79 Å². The molecule has 8 nitrogen and oxygen atoms in total. The van der Waals surface area contributed by atoms with Crippen LogP contribution in [0.15, 0.2) is 38.4 Å². The zero-order valence-corrected chi connectivity index (χ0v) is 16.9. The van der Waals surface area contributed by atoms with Crippen LogP contribution in [0.3, 0.4) is 0 Å². The second-order valence-corrected chi connectivity index (χ2v) is 8.33. The molecule has 27 heavy (non-hydrogen) atoms. The summed E-state index contributed by atoms with van der Waals surface area (Å²) in [5, 5.41) is 12.4. The summed E-state index contributed by atoms with van der Waals surface area (Å²) in [6, 6.07) is 6.86. The maximum Gasteiger partial charge on any atom is 0.252 e. The molecule has 0 fully saturated rings. The van der Waals surface area contributed by atoms with E-state index in [1.54, 1.807) is 6.07 Å². The molecule has 0 saturated heterocycles. The summed E-state index contributed by atoms with van der Waals surface area (Å²) >= 11 is 9.04. The highest BCUT2D eigenvalue weighted by Gasteiger charge is 2.06. The van der Waals surface area contributed by atoms with Crippen LogP contribution in [0.5, 0.6) is 0 Å². The highest BCUT2D eigenvalue weighted by Crippen LogP contribution is 2.25. The molecule has 0 unspecified atom stereocenters. The Morgan fingerprint density at radius 1 is 1.37 bits per heavy atom. The number of rotatable bonds is 5. The summed E-state index contributed by atoms with van der Waals surface area (Å²) < 4.78 is 0.817. The number of aromatic nitrogens is 4. The van der Waals surface area contributed by atoms with Crippen molar-refractivity contribution in [2.75, 3.05) is 5.32 Å². The average Bonchev–Trinajstić information content (AvgIpc) is 3.01. The van der Waals surface area contributed by atoms with Gasteiger partial charge in [-0.1, -0.05) is 40.8 Å². The maximum atomic E-state index is 11.9. The SMILES string of the molecule is Cc1nnc(SCc2cc(=O)[nH]c(N=C(N)Nc3ccc(C)c(Cl)c3)n2)s1. The highest BCUT2D eigenvalue weighted by molar-refractivity contribution is 8.00. The third-order valence-corrected chi connectivity index (χ3v) is 5.72. The summed E-state index contributed by atoms with van der Waals surface area (Å²) in [5.41, 5.74) is 7.82. The van der Waals surface area contributed by atoms with Crippen LogP contribution in [0.2, 0.25) is 5.02 Å². The number of nitrogens with two attached hydrogens (primary N) is 1. The van der Waals surface area contributed by atoms with Crippen LogP contribution in [-0.4, -0.2) is 26.1 Å². The molecule has 0 saturated carbocycles. The zero-order valence-electron chi connectivity index (χ0n) is 14.5. The fourth-order valence-corrected chi connectivity index (χ4v) is 3.94. The standard InChI is InChI=1S/C16H16ClN7OS2/c1-8-3-4-10(5-12(8)17)19-14(18)22-15-20-11(6-13(25)21-15)7-26-16-24-23-9(2)27-16/h3-6H,7H2,1-2H3,(H4,18,19,20,21,22,25). The van der Waals surface area contributed by atoms with Crippen molar-refractivity contribution in [2.45, 2.75) is 23.9 Å². The van der Waals surface area contributed by atoms with Gasteiger partial charge < -0.3 is 11.1 Å². The van der Waals surface area contributed by atoms with Gasteiger partial charge in [0.25, 0.3) is 5.56 Å². The lowest BCUT2D eigenvalue weighted by Gasteiger charge is -2.07. The predicted octanol–water partition coefficient (Wildman–Crippen LogP) is 3.24. The largest absolute Gasteiger partial charge is 0.369 e.